The molecule has 0 saturated carbocycles. The largest absolute Gasteiger partial charge is 0.507 e. The van der Waals surface area contributed by atoms with E-state index in [1.165, 1.54) is 6.07 Å². The minimum absolute atomic E-state index is 0.0685. The van der Waals surface area contributed by atoms with Crippen LogP contribution in [-0.4, -0.2) is 28.0 Å². The molecule has 0 radical (unpaired) electrons. The van der Waals surface area contributed by atoms with Crippen LogP contribution in [0, 0.1) is 0 Å². The maximum Gasteiger partial charge on any atom is 0.260 e. The third-order valence-corrected chi connectivity index (χ3v) is 4.49. The average Bonchev–Trinajstić information content (AvgIpc) is 3.30. The molecule has 138 valence electrons. The highest BCUT2D eigenvalue weighted by Gasteiger charge is 2.19. The number of rotatable bonds is 4. The summed E-state index contributed by atoms with van der Waals surface area (Å²) in [5.74, 6) is 1.53. The third-order valence-electron chi connectivity index (χ3n) is 4.49. The predicted molar refractivity (Wildman–Crippen MR) is 100 cm³/mol. The minimum atomic E-state index is -0.416. The van der Waals surface area contributed by atoms with Gasteiger partial charge in [-0.3, -0.25) is 9.89 Å². The first-order valence-electron chi connectivity index (χ1n) is 8.60. The number of aromatic nitrogens is 2. The Hall–Kier alpha value is -3.48. The molecule has 0 unspecified atom stereocenters. The van der Waals surface area contributed by atoms with Crippen LogP contribution >= 0.6 is 0 Å². The van der Waals surface area contributed by atoms with Crippen LogP contribution in [0.2, 0.25) is 0 Å². The summed E-state index contributed by atoms with van der Waals surface area (Å²) < 4.78 is 10.7. The van der Waals surface area contributed by atoms with Gasteiger partial charge in [0.05, 0.1) is 11.8 Å². The van der Waals surface area contributed by atoms with Crippen molar-refractivity contribution in [3.05, 3.63) is 53.7 Å². The highest BCUT2D eigenvalue weighted by molar-refractivity contribution is 6.07. The Kier molecular flexibility index (Phi) is 4.19. The first-order chi connectivity index (χ1) is 13.0. The fourth-order valence-electron chi connectivity index (χ4n) is 2.94. The molecular weight excluding hydrogens is 346 g/mol. The van der Waals surface area contributed by atoms with E-state index in [0.29, 0.717) is 22.9 Å². The standard InChI is InChI=1S/C20H19N3O4/c1-11(2)12-3-5-16(24)14(7-12)20(25)22-19-15(9-21-23-19)13-4-6-17-18(8-13)27-10-26-17/h3-9,11,24H,10H2,1-2H3,(H2,21,22,23,25). The van der Waals surface area contributed by atoms with Gasteiger partial charge in [-0.2, -0.15) is 5.10 Å². The van der Waals surface area contributed by atoms with Gasteiger partial charge in [0.25, 0.3) is 5.91 Å². The molecule has 0 saturated heterocycles. The van der Waals surface area contributed by atoms with Crippen LogP contribution in [0.4, 0.5) is 5.82 Å². The Morgan fingerprint density at radius 2 is 2.00 bits per heavy atom. The molecule has 1 amide bonds. The Morgan fingerprint density at radius 1 is 1.19 bits per heavy atom. The summed E-state index contributed by atoms with van der Waals surface area (Å²) in [4.78, 5) is 12.7. The molecule has 27 heavy (non-hydrogen) atoms. The Labute approximate surface area is 155 Å². The molecule has 0 fully saturated rings. The molecule has 1 aliphatic rings. The van der Waals surface area contributed by atoms with E-state index in [2.05, 4.69) is 15.5 Å². The number of anilines is 1. The summed E-state index contributed by atoms with van der Waals surface area (Å²) in [6.45, 7) is 4.25. The first-order valence-corrected chi connectivity index (χ1v) is 8.60. The maximum atomic E-state index is 12.7. The van der Waals surface area contributed by atoms with Gasteiger partial charge in [-0.25, -0.2) is 0 Å². The van der Waals surface area contributed by atoms with Crippen molar-refractivity contribution in [2.24, 2.45) is 0 Å². The monoisotopic (exact) mass is 365 g/mol. The van der Waals surface area contributed by atoms with E-state index >= 15 is 0 Å². The van der Waals surface area contributed by atoms with Gasteiger partial charge in [0.15, 0.2) is 11.5 Å². The lowest BCUT2D eigenvalue weighted by atomic mass is 10.00. The van der Waals surface area contributed by atoms with E-state index in [-0.39, 0.29) is 24.0 Å². The number of carbonyl (C=O) groups is 1. The second-order valence-corrected chi connectivity index (χ2v) is 6.61. The first kappa shape index (κ1) is 17.0. The molecule has 3 aromatic rings. The zero-order valence-corrected chi connectivity index (χ0v) is 14.9. The van der Waals surface area contributed by atoms with Crippen molar-refractivity contribution >= 4 is 11.7 Å². The van der Waals surface area contributed by atoms with E-state index in [9.17, 15) is 9.90 Å². The van der Waals surface area contributed by atoms with E-state index in [1.54, 1.807) is 12.3 Å². The van der Waals surface area contributed by atoms with Crippen LogP contribution in [-0.2, 0) is 0 Å². The summed E-state index contributed by atoms with van der Waals surface area (Å²) in [5.41, 5.74) is 2.72. The van der Waals surface area contributed by atoms with E-state index in [4.69, 9.17) is 9.47 Å². The summed E-state index contributed by atoms with van der Waals surface area (Å²) in [6, 6.07) is 10.6. The summed E-state index contributed by atoms with van der Waals surface area (Å²) in [6.07, 6.45) is 1.62. The molecule has 3 N–H and O–H groups in total. The molecule has 1 aliphatic heterocycles. The van der Waals surface area contributed by atoms with Crippen molar-refractivity contribution in [2.75, 3.05) is 12.1 Å². The number of amides is 1. The van der Waals surface area contributed by atoms with E-state index in [1.807, 2.05) is 38.1 Å². The number of nitrogens with one attached hydrogen (secondary N) is 2. The summed E-state index contributed by atoms with van der Waals surface area (Å²) in [7, 11) is 0. The third kappa shape index (κ3) is 3.19. The smallest absolute Gasteiger partial charge is 0.260 e. The van der Waals surface area contributed by atoms with Crippen molar-refractivity contribution in [3.8, 4) is 28.4 Å². The minimum Gasteiger partial charge on any atom is -0.507 e. The van der Waals surface area contributed by atoms with Crippen LogP contribution < -0.4 is 14.8 Å². The number of nitrogens with zero attached hydrogens (tertiary/aromatic N) is 1. The molecule has 0 spiro atoms. The number of aromatic amines is 1. The Bertz CT molecular complexity index is 1010. The maximum absolute atomic E-state index is 12.7. The predicted octanol–water partition coefficient (Wildman–Crippen LogP) is 3.89. The van der Waals surface area contributed by atoms with Gasteiger partial charge in [0.1, 0.15) is 11.6 Å². The van der Waals surface area contributed by atoms with Gasteiger partial charge in [0, 0.05) is 5.56 Å². The van der Waals surface area contributed by atoms with Crippen LogP contribution in [0.25, 0.3) is 11.1 Å². The number of hydrogen-bond donors (Lipinski definition) is 3. The highest BCUT2D eigenvalue weighted by atomic mass is 16.7. The number of phenols is 1. The molecule has 2 aromatic carbocycles. The number of fused-ring (bicyclic) bond motifs is 1. The second-order valence-electron chi connectivity index (χ2n) is 6.61. The SMILES string of the molecule is CC(C)c1ccc(O)c(C(=O)Nc2[nH]ncc2-c2ccc3c(c2)OCO3)c1. The molecule has 0 aliphatic carbocycles. The highest BCUT2D eigenvalue weighted by Crippen LogP contribution is 2.37. The molecule has 4 rings (SSSR count). The van der Waals surface area contributed by atoms with E-state index < -0.39 is 5.91 Å². The Balaban J connectivity index is 1.62. The van der Waals surface area contributed by atoms with Crippen molar-refractivity contribution in [1.29, 1.82) is 0 Å². The van der Waals surface area contributed by atoms with Gasteiger partial charge in [0.2, 0.25) is 6.79 Å². The summed E-state index contributed by atoms with van der Waals surface area (Å²) in [5, 5.41) is 19.7. The zero-order valence-electron chi connectivity index (χ0n) is 14.9. The van der Waals surface area contributed by atoms with Crippen molar-refractivity contribution in [2.45, 2.75) is 19.8 Å². The van der Waals surface area contributed by atoms with Crippen molar-refractivity contribution in [1.82, 2.24) is 10.2 Å². The number of ether oxygens (including phenoxy) is 2. The molecule has 0 atom stereocenters. The number of benzene rings is 2. The van der Waals surface area contributed by atoms with Gasteiger partial charge < -0.3 is 19.9 Å². The van der Waals surface area contributed by atoms with Gasteiger partial charge in [-0.15, -0.1) is 0 Å². The lowest BCUT2D eigenvalue weighted by Crippen LogP contribution is -2.13. The number of hydrogen-bond acceptors (Lipinski definition) is 5. The number of H-pyrrole nitrogens is 1. The lowest BCUT2D eigenvalue weighted by molar-refractivity contribution is 0.102. The number of carbonyl (C=O) groups excluding carboxylic acids is 1. The fourth-order valence-corrected chi connectivity index (χ4v) is 2.94. The Morgan fingerprint density at radius 3 is 2.81 bits per heavy atom. The zero-order chi connectivity index (χ0) is 19.0. The van der Waals surface area contributed by atoms with Crippen LogP contribution in [0.5, 0.6) is 17.2 Å². The molecule has 2 heterocycles. The van der Waals surface area contributed by atoms with Crippen LogP contribution in [0.3, 0.4) is 0 Å². The van der Waals surface area contributed by atoms with Gasteiger partial charge in [-0.05, 0) is 41.3 Å². The van der Waals surface area contributed by atoms with Crippen molar-refractivity contribution in [3.63, 3.8) is 0 Å². The normalized spacial score (nSPS) is 12.4. The van der Waals surface area contributed by atoms with E-state index in [0.717, 1.165) is 11.1 Å². The van der Waals surface area contributed by atoms with Gasteiger partial charge in [-0.1, -0.05) is 26.0 Å². The number of aromatic hydroxyl groups is 1. The molecule has 0 bridgehead atoms. The second kappa shape index (κ2) is 6.68. The van der Waals surface area contributed by atoms with Crippen molar-refractivity contribution < 1.29 is 19.4 Å². The average molecular weight is 365 g/mol. The topological polar surface area (TPSA) is 96.5 Å². The lowest BCUT2D eigenvalue weighted by Gasteiger charge is -2.11. The molecule has 7 heteroatoms. The quantitative estimate of drug-likeness (QED) is 0.652. The van der Waals surface area contributed by atoms with Crippen LogP contribution in [0.15, 0.2) is 42.6 Å². The summed E-state index contributed by atoms with van der Waals surface area (Å²) >= 11 is 0. The van der Waals surface area contributed by atoms with Crippen LogP contribution in [0.1, 0.15) is 35.7 Å². The number of phenolic OH excluding ortho intramolecular Hbond substituents is 1. The molecular formula is C20H19N3O4. The molecule has 7 nitrogen and oxygen atoms in total. The fraction of sp³-hybridized carbons (Fsp3) is 0.200. The molecule has 1 aromatic heterocycles. The van der Waals surface area contributed by atoms with Gasteiger partial charge >= 0.3 is 0 Å².